The van der Waals surface area contributed by atoms with E-state index in [4.69, 9.17) is 0 Å². The van der Waals surface area contributed by atoms with Crippen LogP contribution in [0.2, 0.25) is 0 Å². The Morgan fingerprint density at radius 3 is 2.33 bits per heavy atom. The predicted octanol–water partition coefficient (Wildman–Crippen LogP) is 4.09. The molecular formula is C18H28N2O. The van der Waals surface area contributed by atoms with Crippen LogP contribution in [0, 0.1) is 5.41 Å². The molecule has 1 fully saturated rings. The van der Waals surface area contributed by atoms with Gasteiger partial charge in [-0.05, 0) is 37.0 Å². The summed E-state index contributed by atoms with van der Waals surface area (Å²) in [6.45, 7) is 7.27. The third-order valence-electron chi connectivity index (χ3n) is 4.65. The van der Waals surface area contributed by atoms with E-state index in [9.17, 15) is 4.79 Å². The van der Waals surface area contributed by atoms with E-state index in [1.807, 2.05) is 12.1 Å². The van der Waals surface area contributed by atoms with Gasteiger partial charge in [0.2, 0.25) is 5.91 Å². The van der Waals surface area contributed by atoms with E-state index in [0.29, 0.717) is 6.04 Å². The minimum Gasteiger partial charge on any atom is -0.326 e. The lowest BCUT2D eigenvalue weighted by molar-refractivity contribution is -0.125. The van der Waals surface area contributed by atoms with Crippen molar-refractivity contribution >= 4 is 11.6 Å². The van der Waals surface area contributed by atoms with Gasteiger partial charge in [0.25, 0.3) is 0 Å². The zero-order valence-electron chi connectivity index (χ0n) is 13.5. The molecule has 1 aromatic carbocycles. The molecule has 1 aromatic rings. The first-order valence-corrected chi connectivity index (χ1v) is 8.19. The fourth-order valence-corrected chi connectivity index (χ4v) is 3.08. The molecule has 21 heavy (non-hydrogen) atoms. The van der Waals surface area contributed by atoms with Crippen molar-refractivity contribution in [2.24, 2.45) is 5.41 Å². The SMILES string of the molecule is CCC1(C(=O)Nc2ccc(CNC(C)C)cc2)CCCC1. The summed E-state index contributed by atoms with van der Waals surface area (Å²) in [4.78, 5) is 12.5. The van der Waals surface area contributed by atoms with E-state index in [-0.39, 0.29) is 11.3 Å². The summed E-state index contributed by atoms with van der Waals surface area (Å²) in [6, 6.07) is 8.66. The molecule has 0 saturated heterocycles. The van der Waals surface area contributed by atoms with Gasteiger partial charge in [0, 0.05) is 23.7 Å². The van der Waals surface area contributed by atoms with Crippen molar-refractivity contribution in [3.8, 4) is 0 Å². The second-order valence-corrected chi connectivity index (χ2v) is 6.53. The van der Waals surface area contributed by atoms with Crippen LogP contribution in [0.3, 0.4) is 0 Å². The van der Waals surface area contributed by atoms with Gasteiger partial charge in [0.05, 0.1) is 0 Å². The first-order valence-electron chi connectivity index (χ1n) is 8.19. The summed E-state index contributed by atoms with van der Waals surface area (Å²) < 4.78 is 0. The maximum atomic E-state index is 12.5. The van der Waals surface area contributed by atoms with Gasteiger partial charge in [0.15, 0.2) is 0 Å². The lowest BCUT2D eigenvalue weighted by Crippen LogP contribution is -2.33. The summed E-state index contributed by atoms with van der Waals surface area (Å²) >= 11 is 0. The first-order chi connectivity index (χ1) is 10.1. The largest absolute Gasteiger partial charge is 0.326 e. The van der Waals surface area contributed by atoms with Gasteiger partial charge < -0.3 is 10.6 Å². The average molecular weight is 288 g/mol. The maximum Gasteiger partial charge on any atom is 0.230 e. The Kier molecular flexibility index (Phi) is 5.40. The summed E-state index contributed by atoms with van der Waals surface area (Å²) in [5.74, 6) is 0.204. The van der Waals surface area contributed by atoms with E-state index < -0.39 is 0 Å². The molecule has 0 heterocycles. The molecule has 0 atom stereocenters. The van der Waals surface area contributed by atoms with Gasteiger partial charge in [-0.15, -0.1) is 0 Å². The number of rotatable bonds is 6. The number of benzene rings is 1. The fraction of sp³-hybridized carbons (Fsp3) is 0.611. The predicted molar refractivity (Wildman–Crippen MR) is 88.2 cm³/mol. The Balaban J connectivity index is 1.95. The van der Waals surface area contributed by atoms with Crippen LogP contribution in [0.1, 0.15) is 58.4 Å². The molecule has 1 amide bonds. The van der Waals surface area contributed by atoms with Crippen molar-refractivity contribution in [2.75, 3.05) is 5.32 Å². The smallest absolute Gasteiger partial charge is 0.230 e. The summed E-state index contributed by atoms with van der Waals surface area (Å²) in [5.41, 5.74) is 2.03. The van der Waals surface area contributed by atoms with Gasteiger partial charge in [0.1, 0.15) is 0 Å². The highest BCUT2D eigenvalue weighted by atomic mass is 16.2. The quantitative estimate of drug-likeness (QED) is 0.827. The Morgan fingerprint density at radius 1 is 1.19 bits per heavy atom. The van der Waals surface area contributed by atoms with Crippen molar-refractivity contribution in [3.63, 3.8) is 0 Å². The molecule has 1 aliphatic rings. The van der Waals surface area contributed by atoms with Crippen LogP contribution in [0.25, 0.3) is 0 Å². The zero-order valence-corrected chi connectivity index (χ0v) is 13.5. The Labute approximate surface area is 128 Å². The van der Waals surface area contributed by atoms with Gasteiger partial charge in [-0.2, -0.15) is 0 Å². The Morgan fingerprint density at radius 2 is 1.81 bits per heavy atom. The van der Waals surface area contributed by atoms with Crippen LogP contribution >= 0.6 is 0 Å². The van der Waals surface area contributed by atoms with E-state index in [2.05, 4.69) is 43.5 Å². The number of carbonyl (C=O) groups excluding carboxylic acids is 1. The van der Waals surface area contributed by atoms with Crippen LogP contribution in [-0.2, 0) is 11.3 Å². The normalized spacial score (nSPS) is 17.1. The average Bonchev–Trinajstić information content (AvgIpc) is 2.96. The lowest BCUT2D eigenvalue weighted by atomic mass is 9.82. The van der Waals surface area contributed by atoms with Crippen molar-refractivity contribution in [1.29, 1.82) is 0 Å². The molecule has 2 N–H and O–H groups in total. The second-order valence-electron chi connectivity index (χ2n) is 6.53. The van der Waals surface area contributed by atoms with Gasteiger partial charge in [-0.1, -0.05) is 45.7 Å². The highest BCUT2D eigenvalue weighted by molar-refractivity contribution is 5.95. The number of carbonyl (C=O) groups is 1. The van der Waals surface area contributed by atoms with Crippen molar-refractivity contribution in [3.05, 3.63) is 29.8 Å². The van der Waals surface area contributed by atoms with Crippen molar-refractivity contribution in [1.82, 2.24) is 5.32 Å². The highest BCUT2D eigenvalue weighted by Crippen LogP contribution is 2.41. The second kappa shape index (κ2) is 7.08. The molecule has 1 aliphatic carbocycles. The van der Waals surface area contributed by atoms with E-state index in [1.54, 1.807) is 0 Å². The molecule has 1 saturated carbocycles. The molecule has 0 aliphatic heterocycles. The molecule has 116 valence electrons. The minimum atomic E-state index is -0.127. The third kappa shape index (κ3) is 4.07. The highest BCUT2D eigenvalue weighted by Gasteiger charge is 2.39. The van der Waals surface area contributed by atoms with Crippen LogP contribution in [0.5, 0.6) is 0 Å². The van der Waals surface area contributed by atoms with Crippen molar-refractivity contribution in [2.45, 2.75) is 65.5 Å². The topological polar surface area (TPSA) is 41.1 Å². The van der Waals surface area contributed by atoms with Crippen LogP contribution < -0.4 is 10.6 Å². The number of hydrogen-bond acceptors (Lipinski definition) is 2. The number of anilines is 1. The molecule has 3 nitrogen and oxygen atoms in total. The summed E-state index contributed by atoms with van der Waals surface area (Å²) in [6.07, 6.45) is 5.37. The van der Waals surface area contributed by atoms with Crippen LogP contribution in [0.15, 0.2) is 24.3 Å². The third-order valence-corrected chi connectivity index (χ3v) is 4.65. The van der Waals surface area contributed by atoms with E-state index in [1.165, 1.54) is 18.4 Å². The first kappa shape index (κ1) is 16.0. The molecule has 0 bridgehead atoms. The lowest BCUT2D eigenvalue weighted by Gasteiger charge is -2.26. The van der Waals surface area contributed by atoms with Gasteiger partial charge >= 0.3 is 0 Å². The number of hydrogen-bond donors (Lipinski definition) is 2. The fourth-order valence-electron chi connectivity index (χ4n) is 3.08. The van der Waals surface area contributed by atoms with Gasteiger partial charge in [-0.25, -0.2) is 0 Å². The monoisotopic (exact) mass is 288 g/mol. The molecule has 0 spiro atoms. The minimum absolute atomic E-state index is 0.127. The summed E-state index contributed by atoms with van der Waals surface area (Å²) in [5, 5.41) is 6.50. The van der Waals surface area contributed by atoms with Crippen LogP contribution in [-0.4, -0.2) is 11.9 Å². The van der Waals surface area contributed by atoms with Gasteiger partial charge in [-0.3, -0.25) is 4.79 Å². The van der Waals surface area contributed by atoms with E-state index in [0.717, 1.165) is 31.5 Å². The molecule has 0 aromatic heterocycles. The molecule has 3 heteroatoms. The standard InChI is InChI=1S/C18H28N2O/c1-4-18(11-5-6-12-18)17(21)20-16-9-7-15(8-10-16)13-19-14(2)3/h7-10,14,19H,4-6,11-13H2,1-3H3,(H,20,21). The van der Waals surface area contributed by atoms with Crippen LogP contribution in [0.4, 0.5) is 5.69 Å². The number of nitrogens with one attached hydrogen (secondary N) is 2. The molecule has 2 rings (SSSR count). The Bertz CT molecular complexity index is 459. The maximum absolute atomic E-state index is 12.5. The Hall–Kier alpha value is -1.35. The van der Waals surface area contributed by atoms with Crippen molar-refractivity contribution < 1.29 is 4.79 Å². The zero-order chi connectivity index (χ0) is 15.3. The number of amides is 1. The molecule has 0 unspecified atom stereocenters. The molecular weight excluding hydrogens is 260 g/mol. The summed E-state index contributed by atoms with van der Waals surface area (Å²) in [7, 11) is 0. The van der Waals surface area contributed by atoms with E-state index >= 15 is 0 Å². The molecule has 0 radical (unpaired) electrons.